The molecule has 17 heteroatoms. The molecule has 4 atom stereocenters. The third-order valence-electron chi connectivity index (χ3n) is 14.4. The Labute approximate surface area is 474 Å². The average molecular weight is 1110 g/mol. The molecule has 1 saturated heterocycles. The summed E-state index contributed by atoms with van der Waals surface area (Å²) in [6.07, 6.45) is 1.92. The lowest BCUT2D eigenvalue weighted by atomic mass is 10.0. The summed E-state index contributed by atoms with van der Waals surface area (Å²) in [7, 11) is 0. The van der Waals surface area contributed by atoms with Crippen LogP contribution >= 0.6 is 23.2 Å². The highest BCUT2D eigenvalue weighted by Crippen LogP contribution is 2.36. The summed E-state index contributed by atoms with van der Waals surface area (Å²) in [5, 5.41) is 15.6. The lowest BCUT2D eigenvalue weighted by Crippen LogP contribution is -2.42. The molecule has 5 heterocycles. The molecule has 0 bridgehead atoms. The van der Waals surface area contributed by atoms with Crippen LogP contribution in [-0.4, -0.2) is 107 Å². The molecule has 3 aliphatic heterocycles. The molecule has 2 unspecified atom stereocenters. The van der Waals surface area contributed by atoms with Gasteiger partial charge in [-0.25, -0.2) is 14.8 Å². The van der Waals surface area contributed by atoms with Crippen LogP contribution in [0, 0.1) is 11.8 Å². The standard InChI is InChI=1S/C32H29ClN4O4.C31H31ClN4O3/c1-20(2)28(36-17-24(41-32(36)40)18-37-30(38)25-13-6-7-14-26(25)31(37)39)29-34-27(22-11-8-12-23(33)15-22)19-35(29)16-21-9-4-3-5-10-21;1-20(2)28(33-16-24(37)18-36-30(38)25-13-6-7-14-26(25)31(36)39)29-34-27(22-11-8-12-23(32)15-22)19-35(29)17-21-9-4-3-5-10-21/h3-15,19-20,24,28H,16-18H2,1-2H3;3-15,19-20,24,28,33,37H,16-18H2,1-2H3/t2*24?,28-/m11/s1. The van der Waals surface area contributed by atoms with Crippen LogP contribution in [0.4, 0.5) is 4.79 Å². The number of cyclic esters (lactones) is 1. The van der Waals surface area contributed by atoms with E-state index in [2.05, 4.69) is 52.6 Å². The van der Waals surface area contributed by atoms with Gasteiger partial charge in [0.2, 0.25) is 0 Å². The summed E-state index contributed by atoms with van der Waals surface area (Å²) in [6.45, 7) is 9.76. The van der Waals surface area contributed by atoms with Crippen molar-refractivity contribution in [2.45, 2.75) is 65.1 Å². The van der Waals surface area contributed by atoms with Gasteiger partial charge in [0.05, 0.1) is 71.5 Å². The third-order valence-corrected chi connectivity index (χ3v) is 14.9. The highest BCUT2D eigenvalue weighted by atomic mass is 35.5. The Bertz CT molecular complexity index is 3510. The number of aromatic nitrogens is 4. The normalized spacial score (nSPS) is 16.0. The lowest BCUT2D eigenvalue weighted by molar-refractivity contribution is 0.0534. The first-order valence-corrected chi connectivity index (χ1v) is 27.4. The molecule has 0 aliphatic carbocycles. The maximum atomic E-state index is 13.3. The highest BCUT2D eigenvalue weighted by molar-refractivity contribution is 6.31. The number of carbonyl (C=O) groups is 5. The first kappa shape index (κ1) is 55.1. The molecule has 80 heavy (non-hydrogen) atoms. The minimum Gasteiger partial charge on any atom is -0.442 e. The number of aliphatic hydroxyl groups is 1. The molecule has 0 saturated carbocycles. The van der Waals surface area contributed by atoms with E-state index in [1.54, 1.807) is 53.4 Å². The number of benzene rings is 6. The molecule has 5 amide bonds. The van der Waals surface area contributed by atoms with Crippen LogP contribution in [0.25, 0.3) is 22.5 Å². The molecule has 8 aromatic rings. The van der Waals surface area contributed by atoms with E-state index in [4.69, 9.17) is 37.9 Å². The SMILES string of the molecule is CC(C)[C@@H](NCC(O)CN1C(=O)c2ccccc2C1=O)c1nc(-c2cccc(Cl)c2)cn1Cc1ccccc1.CC(C)[C@H](c1nc(-c2cccc(Cl)c2)cn1Cc1ccccc1)N1CC(CN2C(=O)c3ccccc3C2=O)OC1=O. The Balaban J connectivity index is 0.000000180. The molecule has 15 nitrogen and oxygen atoms in total. The van der Waals surface area contributed by atoms with E-state index < -0.39 is 24.3 Å². The zero-order valence-corrected chi connectivity index (χ0v) is 46.2. The van der Waals surface area contributed by atoms with Crippen molar-refractivity contribution in [3.05, 3.63) is 225 Å². The van der Waals surface area contributed by atoms with Crippen molar-refractivity contribution in [1.82, 2.24) is 39.1 Å². The van der Waals surface area contributed by atoms with Crippen LogP contribution in [0.3, 0.4) is 0 Å². The Morgan fingerprint density at radius 3 is 1.49 bits per heavy atom. The number of carbonyl (C=O) groups excluding carboxylic acids is 5. The van der Waals surface area contributed by atoms with Crippen molar-refractivity contribution in [3.8, 4) is 22.5 Å². The predicted octanol–water partition coefficient (Wildman–Crippen LogP) is 11.3. The second kappa shape index (κ2) is 24.0. The van der Waals surface area contributed by atoms with Gasteiger partial charge in [-0.1, -0.05) is 160 Å². The molecule has 11 rings (SSSR count). The molecule has 0 spiro atoms. The van der Waals surface area contributed by atoms with Crippen molar-refractivity contribution in [2.24, 2.45) is 11.8 Å². The van der Waals surface area contributed by atoms with Gasteiger partial charge in [0.15, 0.2) is 0 Å². The number of nitrogens with one attached hydrogen (secondary N) is 1. The van der Waals surface area contributed by atoms with Crippen molar-refractivity contribution in [1.29, 1.82) is 0 Å². The minimum atomic E-state index is -0.946. The van der Waals surface area contributed by atoms with E-state index in [0.717, 1.165) is 50.2 Å². The number of hydrogen-bond acceptors (Lipinski definition) is 10. The van der Waals surface area contributed by atoms with Gasteiger partial charge in [-0.3, -0.25) is 33.9 Å². The maximum absolute atomic E-state index is 13.3. The van der Waals surface area contributed by atoms with Crippen molar-refractivity contribution >= 4 is 52.9 Å². The van der Waals surface area contributed by atoms with Crippen LogP contribution in [0.1, 0.15) is 104 Å². The largest absolute Gasteiger partial charge is 0.442 e. The first-order chi connectivity index (χ1) is 38.6. The van der Waals surface area contributed by atoms with Gasteiger partial charge in [-0.2, -0.15) is 0 Å². The van der Waals surface area contributed by atoms with Crippen molar-refractivity contribution < 1.29 is 33.8 Å². The van der Waals surface area contributed by atoms with Crippen LogP contribution in [0.15, 0.2) is 170 Å². The van der Waals surface area contributed by atoms with Gasteiger partial charge in [-0.15, -0.1) is 0 Å². The average Bonchev–Trinajstić information content (AvgIpc) is 4.27. The molecular formula is C63H60Cl2N8O7. The van der Waals surface area contributed by atoms with Gasteiger partial charge >= 0.3 is 6.09 Å². The van der Waals surface area contributed by atoms with Gasteiger partial charge in [-0.05, 0) is 71.5 Å². The molecular weight excluding hydrogens is 1050 g/mol. The van der Waals surface area contributed by atoms with Gasteiger partial charge in [0, 0.05) is 53.2 Å². The smallest absolute Gasteiger partial charge is 0.410 e. The summed E-state index contributed by atoms with van der Waals surface area (Å²) in [5.74, 6) is 0.189. The predicted molar refractivity (Wildman–Crippen MR) is 306 cm³/mol. The van der Waals surface area contributed by atoms with E-state index >= 15 is 0 Å². The van der Waals surface area contributed by atoms with Gasteiger partial charge < -0.3 is 24.3 Å². The number of imide groups is 2. The lowest BCUT2D eigenvalue weighted by Gasteiger charge is -2.29. The summed E-state index contributed by atoms with van der Waals surface area (Å²) in [6, 6.07) is 48.2. The molecule has 6 aromatic carbocycles. The topological polar surface area (TPSA) is 172 Å². The number of nitrogens with zero attached hydrogens (tertiary/aromatic N) is 7. The Hall–Kier alpha value is -8.21. The number of amides is 5. The van der Waals surface area contributed by atoms with Crippen LogP contribution < -0.4 is 5.32 Å². The van der Waals surface area contributed by atoms with Crippen molar-refractivity contribution in [3.63, 3.8) is 0 Å². The second-order valence-electron chi connectivity index (χ2n) is 20.9. The van der Waals surface area contributed by atoms with E-state index in [1.807, 2.05) is 111 Å². The highest BCUT2D eigenvalue weighted by Gasteiger charge is 2.44. The van der Waals surface area contributed by atoms with E-state index in [0.29, 0.717) is 45.4 Å². The number of fused-ring (bicyclic) bond motifs is 2. The summed E-state index contributed by atoms with van der Waals surface area (Å²) >= 11 is 12.5. The molecule has 2 aromatic heterocycles. The quantitative estimate of drug-likeness (QED) is 0.0788. The van der Waals surface area contributed by atoms with E-state index in [9.17, 15) is 29.1 Å². The van der Waals surface area contributed by atoms with Crippen LogP contribution in [-0.2, 0) is 17.8 Å². The number of rotatable bonds is 18. The Morgan fingerprint density at radius 1 is 0.575 bits per heavy atom. The fraction of sp³-hybridized carbons (Fsp3) is 0.254. The van der Waals surface area contributed by atoms with Crippen LogP contribution in [0.2, 0.25) is 10.0 Å². The Kier molecular flexibility index (Phi) is 16.6. The second-order valence-corrected chi connectivity index (χ2v) is 21.8. The summed E-state index contributed by atoms with van der Waals surface area (Å²) in [4.78, 5) is 78.7. The number of halogens is 2. The zero-order chi connectivity index (χ0) is 56.2. The number of hydrogen-bond donors (Lipinski definition) is 2. The minimum absolute atomic E-state index is 0.00831. The number of ether oxygens (including phenoxy) is 1. The fourth-order valence-corrected chi connectivity index (χ4v) is 11.0. The van der Waals surface area contributed by atoms with Gasteiger partial charge in [0.25, 0.3) is 23.6 Å². The molecule has 408 valence electrons. The third kappa shape index (κ3) is 11.9. The summed E-state index contributed by atoms with van der Waals surface area (Å²) in [5.41, 5.74) is 7.08. The summed E-state index contributed by atoms with van der Waals surface area (Å²) < 4.78 is 9.93. The van der Waals surface area contributed by atoms with Gasteiger partial charge in [0.1, 0.15) is 17.8 Å². The molecule has 1 fully saturated rings. The zero-order valence-electron chi connectivity index (χ0n) is 44.7. The fourth-order valence-electron chi connectivity index (χ4n) is 10.6. The van der Waals surface area contributed by atoms with Crippen molar-refractivity contribution in [2.75, 3.05) is 26.2 Å². The Morgan fingerprint density at radius 2 is 1.02 bits per heavy atom. The number of aliphatic hydroxyl groups excluding tert-OH is 1. The monoisotopic (exact) mass is 1110 g/mol. The van der Waals surface area contributed by atoms with E-state index in [1.165, 1.54) is 4.90 Å². The molecule has 2 N–H and O–H groups in total. The first-order valence-electron chi connectivity index (χ1n) is 26.6. The van der Waals surface area contributed by atoms with E-state index in [-0.39, 0.29) is 67.7 Å². The number of β-amino-alcohol motifs (C(OH)–C–C–N with tert-alkyl or cyclic N) is 1. The number of imidazole rings is 2. The molecule has 0 radical (unpaired) electrons. The molecule has 3 aliphatic rings. The maximum Gasteiger partial charge on any atom is 0.410 e. The van der Waals surface area contributed by atoms with Crippen LogP contribution in [0.5, 0.6) is 0 Å².